The Labute approximate surface area is 145 Å². The van der Waals surface area contributed by atoms with Gasteiger partial charge in [0.1, 0.15) is 0 Å². The summed E-state index contributed by atoms with van der Waals surface area (Å²) in [5.41, 5.74) is -1.17. The number of nitrogens with zero attached hydrogens (tertiary/aromatic N) is 1. The molecule has 0 spiro atoms. The van der Waals surface area contributed by atoms with Gasteiger partial charge in [-0.15, -0.1) is 0 Å². The van der Waals surface area contributed by atoms with Crippen molar-refractivity contribution < 1.29 is 19.6 Å². The van der Waals surface area contributed by atoms with Crippen LogP contribution < -0.4 is 10.8 Å². The topological polar surface area (TPSA) is 82.0 Å². The van der Waals surface area contributed by atoms with Gasteiger partial charge in [-0.2, -0.15) is 0 Å². The number of carbonyl (C=O) groups excluding carboxylic acids is 1. The van der Waals surface area contributed by atoms with Crippen LogP contribution in [0.15, 0.2) is 24.3 Å². The molecule has 0 bridgehead atoms. The molecule has 0 aliphatic rings. The van der Waals surface area contributed by atoms with E-state index in [9.17, 15) is 14.9 Å². The molecule has 0 aromatic heterocycles. The van der Waals surface area contributed by atoms with E-state index < -0.39 is 18.3 Å². The predicted molar refractivity (Wildman–Crippen MR) is 96.4 cm³/mol. The van der Waals surface area contributed by atoms with Crippen molar-refractivity contribution in [2.45, 2.75) is 38.9 Å². The van der Waals surface area contributed by atoms with Gasteiger partial charge in [-0.05, 0) is 59.4 Å². The molecule has 0 fully saturated rings. The summed E-state index contributed by atoms with van der Waals surface area (Å²) in [6.45, 7) is 7.93. The fourth-order valence-electron chi connectivity index (χ4n) is 1.82. The van der Waals surface area contributed by atoms with Crippen LogP contribution in [0.4, 0.5) is 0 Å². The Kier molecular flexibility index (Phi) is 6.98. The zero-order valence-corrected chi connectivity index (χ0v) is 15.5. The SMILES string of the molecule is CN(C)CCNC(=O)c1cccc(B(O)OC(C)(C)C(C)(C)O)c1. The van der Waals surface area contributed by atoms with Gasteiger partial charge in [0.25, 0.3) is 5.91 Å². The van der Waals surface area contributed by atoms with Crippen LogP contribution in [0.25, 0.3) is 0 Å². The molecule has 0 aliphatic carbocycles. The van der Waals surface area contributed by atoms with Gasteiger partial charge in [-0.1, -0.05) is 12.1 Å². The first-order chi connectivity index (χ1) is 10.9. The minimum Gasteiger partial charge on any atom is -0.423 e. The minimum absolute atomic E-state index is 0.201. The zero-order chi connectivity index (χ0) is 18.5. The molecule has 3 N–H and O–H groups in total. The van der Waals surface area contributed by atoms with E-state index in [4.69, 9.17) is 4.65 Å². The molecule has 6 nitrogen and oxygen atoms in total. The Morgan fingerprint density at radius 2 is 1.92 bits per heavy atom. The van der Waals surface area contributed by atoms with Crippen LogP contribution in [0.5, 0.6) is 0 Å². The molecule has 0 heterocycles. The van der Waals surface area contributed by atoms with Crippen molar-refractivity contribution in [2.24, 2.45) is 0 Å². The standard InChI is InChI=1S/C17H29BN2O4/c1-16(2,22)17(3,4)24-18(23)14-9-7-8-13(12-14)15(21)19-10-11-20(5)6/h7-9,12,22-23H,10-11H2,1-6H3,(H,19,21). The average Bonchev–Trinajstić information content (AvgIpc) is 2.45. The lowest BCUT2D eigenvalue weighted by atomic mass is 9.76. The first-order valence-electron chi connectivity index (χ1n) is 8.05. The third-order valence-corrected chi connectivity index (χ3v) is 4.16. The summed E-state index contributed by atoms with van der Waals surface area (Å²) in [5.74, 6) is -0.201. The van der Waals surface area contributed by atoms with Crippen LogP contribution in [0, 0.1) is 0 Å². The number of amides is 1. The molecule has 1 aromatic carbocycles. The summed E-state index contributed by atoms with van der Waals surface area (Å²) in [6, 6.07) is 6.65. The van der Waals surface area contributed by atoms with Crippen LogP contribution in [-0.2, 0) is 4.65 Å². The van der Waals surface area contributed by atoms with Gasteiger partial charge in [0.2, 0.25) is 0 Å². The number of hydrogen-bond acceptors (Lipinski definition) is 5. The summed E-state index contributed by atoms with van der Waals surface area (Å²) in [7, 11) is 2.64. The number of hydrogen-bond donors (Lipinski definition) is 3. The second kappa shape index (κ2) is 8.12. The normalized spacial score (nSPS) is 12.4. The van der Waals surface area contributed by atoms with Gasteiger partial charge >= 0.3 is 7.12 Å². The van der Waals surface area contributed by atoms with Crippen molar-refractivity contribution in [3.8, 4) is 0 Å². The van der Waals surface area contributed by atoms with E-state index in [1.165, 1.54) is 0 Å². The molecule has 0 atom stereocenters. The molecule has 134 valence electrons. The molecule has 0 saturated carbocycles. The third kappa shape index (κ3) is 5.90. The summed E-state index contributed by atoms with van der Waals surface area (Å²) < 4.78 is 5.60. The maximum atomic E-state index is 12.2. The van der Waals surface area contributed by atoms with Crippen molar-refractivity contribution in [3.05, 3.63) is 29.8 Å². The van der Waals surface area contributed by atoms with Gasteiger partial charge in [0.05, 0.1) is 11.2 Å². The molecule has 0 unspecified atom stereocenters. The highest BCUT2D eigenvalue weighted by Gasteiger charge is 2.39. The van der Waals surface area contributed by atoms with Gasteiger partial charge in [0, 0.05) is 18.7 Å². The van der Waals surface area contributed by atoms with Crippen molar-refractivity contribution >= 4 is 18.5 Å². The number of aliphatic hydroxyl groups is 1. The summed E-state index contributed by atoms with van der Waals surface area (Å²) >= 11 is 0. The number of nitrogens with one attached hydrogen (secondary N) is 1. The monoisotopic (exact) mass is 336 g/mol. The predicted octanol–water partition coefficient (Wildman–Crippen LogP) is 0.232. The van der Waals surface area contributed by atoms with Crippen LogP contribution in [0.2, 0.25) is 0 Å². The molecule has 1 rings (SSSR count). The van der Waals surface area contributed by atoms with Crippen molar-refractivity contribution in [2.75, 3.05) is 27.2 Å². The molecule has 0 saturated heterocycles. The lowest BCUT2D eigenvalue weighted by Gasteiger charge is -2.38. The van der Waals surface area contributed by atoms with E-state index in [0.29, 0.717) is 17.6 Å². The second-order valence-electron chi connectivity index (χ2n) is 7.22. The number of carbonyl (C=O) groups is 1. The summed E-state index contributed by atoms with van der Waals surface area (Å²) in [4.78, 5) is 14.1. The van der Waals surface area contributed by atoms with Gasteiger partial charge in [-0.25, -0.2) is 0 Å². The maximum Gasteiger partial charge on any atom is 0.491 e. The van der Waals surface area contributed by atoms with Crippen LogP contribution in [-0.4, -0.2) is 66.4 Å². The van der Waals surface area contributed by atoms with E-state index in [2.05, 4.69) is 5.32 Å². The fraction of sp³-hybridized carbons (Fsp3) is 0.588. The highest BCUT2D eigenvalue weighted by molar-refractivity contribution is 6.60. The Bertz CT molecular complexity index is 556. The number of benzene rings is 1. The van der Waals surface area contributed by atoms with Crippen LogP contribution >= 0.6 is 0 Å². The summed E-state index contributed by atoms with van der Waals surface area (Å²) in [5, 5.41) is 23.3. The minimum atomic E-state index is -1.24. The van der Waals surface area contributed by atoms with E-state index in [0.717, 1.165) is 6.54 Å². The van der Waals surface area contributed by atoms with Crippen molar-refractivity contribution in [1.29, 1.82) is 0 Å². The molecular formula is C17H29BN2O4. The zero-order valence-electron chi connectivity index (χ0n) is 15.5. The first kappa shape index (κ1) is 20.6. The highest BCUT2D eigenvalue weighted by atomic mass is 16.5. The van der Waals surface area contributed by atoms with Gasteiger partial charge in [0.15, 0.2) is 0 Å². The van der Waals surface area contributed by atoms with Crippen LogP contribution in [0.1, 0.15) is 38.1 Å². The second-order valence-corrected chi connectivity index (χ2v) is 7.22. The third-order valence-electron chi connectivity index (χ3n) is 4.16. The Morgan fingerprint density at radius 3 is 2.46 bits per heavy atom. The molecule has 0 aliphatic heterocycles. The maximum absolute atomic E-state index is 12.2. The van der Waals surface area contributed by atoms with Gasteiger partial charge < -0.3 is 25.0 Å². The molecule has 0 radical (unpaired) electrons. The van der Waals surface area contributed by atoms with E-state index >= 15 is 0 Å². The number of rotatable bonds is 8. The van der Waals surface area contributed by atoms with Gasteiger partial charge in [-0.3, -0.25) is 4.79 Å². The van der Waals surface area contributed by atoms with E-state index in [-0.39, 0.29) is 5.91 Å². The first-order valence-corrected chi connectivity index (χ1v) is 8.05. The largest absolute Gasteiger partial charge is 0.491 e. The quantitative estimate of drug-likeness (QED) is 0.592. The smallest absolute Gasteiger partial charge is 0.423 e. The fourth-order valence-corrected chi connectivity index (χ4v) is 1.82. The van der Waals surface area contributed by atoms with E-state index in [1.807, 2.05) is 19.0 Å². The van der Waals surface area contributed by atoms with Crippen LogP contribution in [0.3, 0.4) is 0 Å². The van der Waals surface area contributed by atoms with E-state index in [1.54, 1.807) is 52.0 Å². The molecule has 1 amide bonds. The Morgan fingerprint density at radius 1 is 1.29 bits per heavy atom. The molecule has 1 aromatic rings. The number of likely N-dealkylation sites (N-methyl/N-ethyl adjacent to an activating group) is 1. The molecular weight excluding hydrogens is 307 g/mol. The lowest BCUT2D eigenvalue weighted by molar-refractivity contribution is -0.0982. The molecule has 24 heavy (non-hydrogen) atoms. The average molecular weight is 336 g/mol. The lowest BCUT2D eigenvalue weighted by Crippen LogP contribution is -2.53. The van der Waals surface area contributed by atoms with Crippen molar-refractivity contribution in [3.63, 3.8) is 0 Å². The summed E-state index contributed by atoms with van der Waals surface area (Å²) in [6.07, 6.45) is 0. The Balaban J connectivity index is 2.79. The van der Waals surface area contributed by atoms with Crippen molar-refractivity contribution in [1.82, 2.24) is 10.2 Å². The molecule has 7 heteroatoms. The Hall–Kier alpha value is -1.41. The highest BCUT2D eigenvalue weighted by Crippen LogP contribution is 2.25.